The van der Waals surface area contributed by atoms with Crippen molar-refractivity contribution < 1.29 is 13.2 Å². The second-order valence-corrected chi connectivity index (χ2v) is 8.44. The number of nitrogens with one attached hydrogen (secondary N) is 1. The molecule has 2 aromatic heterocycles. The summed E-state index contributed by atoms with van der Waals surface area (Å²) < 4.78 is 27.9. The fourth-order valence-corrected chi connectivity index (χ4v) is 3.98. The summed E-state index contributed by atoms with van der Waals surface area (Å²) in [6.45, 7) is 5.35. The third kappa shape index (κ3) is 3.56. The summed E-state index contributed by atoms with van der Waals surface area (Å²) in [5, 5.41) is 7.03. The lowest BCUT2D eigenvalue weighted by molar-refractivity contribution is 0.102. The van der Waals surface area contributed by atoms with Gasteiger partial charge >= 0.3 is 0 Å². The fraction of sp³-hybridized carbons (Fsp3) is 0.278. The third-order valence-corrected chi connectivity index (χ3v) is 6.36. The lowest BCUT2D eigenvalue weighted by atomic mass is 10.2. The van der Waals surface area contributed by atoms with Gasteiger partial charge in [0.25, 0.3) is 5.91 Å². The number of benzene rings is 1. The number of rotatable bonds is 5. The molecule has 0 aliphatic heterocycles. The molecule has 0 radical (unpaired) electrons. The van der Waals surface area contributed by atoms with Crippen molar-refractivity contribution in [3.63, 3.8) is 0 Å². The number of nitrogens with zero attached hydrogens (tertiary/aromatic N) is 4. The molecular formula is C18H21N5O3S. The molecule has 0 atom stereocenters. The zero-order valence-electron chi connectivity index (χ0n) is 15.5. The molecule has 1 N–H and O–H groups in total. The molecule has 0 saturated heterocycles. The van der Waals surface area contributed by atoms with Crippen molar-refractivity contribution in [2.24, 2.45) is 0 Å². The van der Waals surface area contributed by atoms with Crippen LogP contribution in [0.5, 0.6) is 0 Å². The minimum Gasteiger partial charge on any atom is -0.322 e. The summed E-state index contributed by atoms with van der Waals surface area (Å²) in [5.41, 5.74) is 1.89. The van der Waals surface area contributed by atoms with Crippen LogP contribution in [0, 0.1) is 6.92 Å². The van der Waals surface area contributed by atoms with E-state index in [0.29, 0.717) is 22.6 Å². The summed E-state index contributed by atoms with van der Waals surface area (Å²) in [4.78, 5) is 17.0. The van der Waals surface area contributed by atoms with Gasteiger partial charge in [0.05, 0.1) is 10.6 Å². The molecule has 9 heteroatoms. The lowest BCUT2D eigenvalue weighted by Gasteiger charge is -2.21. The Labute approximate surface area is 157 Å². The van der Waals surface area contributed by atoms with E-state index in [1.165, 1.54) is 23.5 Å². The van der Waals surface area contributed by atoms with E-state index in [9.17, 15) is 13.2 Å². The molecule has 0 bridgehead atoms. The first-order valence-electron chi connectivity index (χ1n) is 8.41. The number of sulfonamides is 1. The lowest BCUT2D eigenvalue weighted by Crippen LogP contribution is -2.33. The topological polar surface area (TPSA) is 96.7 Å². The molecule has 2 heterocycles. The summed E-state index contributed by atoms with van der Waals surface area (Å²) in [6.07, 6.45) is 3.31. The molecule has 0 spiro atoms. The van der Waals surface area contributed by atoms with Crippen LogP contribution >= 0.6 is 0 Å². The number of amides is 1. The van der Waals surface area contributed by atoms with Crippen LogP contribution in [0.3, 0.4) is 0 Å². The van der Waals surface area contributed by atoms with Crippen LogP contribution in [-0.2, 0) is 10.0 Å². The molecule has 0 saturated carbocycles. The van der Waals surface area contributed by atoms with Gasteiger partial charge in [-0.15, -0.1) is 0 Å². The number of hydrogen-bond acceptors (Lipinski definition) is 5. The zero-order valence-corrected chi connectivity index (χ0v) is 16.4. The maximum Gasteiger partial charge on any atom is 0.261 e. The summed E-state index contributed by atoms with van der Waals surface area (Å²) in [5.74, 6) is -0.351. The SMILES string of the molecule is Cc1nn2cccnc2c1C(=O)Nc1ccc(S(=O)(=O)N(C)C(C)C)cc1. The van der Waals surface area contributed by atoms with E-state index in [1.807, 2.05) is 0 Å². The van der Waals surface area contributed by atoms with Crippen LogP contribution in [-0.4, -0.2) is 46.3 Å². The first-order valence-corrected chi connectivity index (χ1v) is 9.85. The van der Waals surface area contributed by atoms with Crippen LogP contribution in [0.4, 0.5) is 5.69 Å². The average Bonchev–Trinajstić information content (AvgIpc) is 2.97. The molecule has 1 aromatic carbocycles. The quantitative estimate of drug-likeness (QED) is 0.725. The van der Waals surface area contributed by atoms with Crippen LogP contribution in [0.15, 0.2) is 47.6 Å². The first kappa shape index (κ1) is 19.0. The van der Waals surface area contributed by atoms with Gasteiger partial charge < -0.3 is 5.32 Å². The number of anilines is 1. The Morgan fingerprint density at radius 3 is 2.52 bits per heavy atom. The van der Waals surface area contributed by atoms with Gasteiger partial charge in [-0.1, -0.05) is 0 Å². The Morgan fingerprint density at radius 1 is 1.22 bits per heavy atom. The second kappa shape index (κ2) is 7.09. The standard InChI is InChI=1S/C18H21N5O3S/c1-12(2)22(4)27(25,26)15-8-6-14(7-9-15)20-18(24)16-13(3)21-23-11-5-10-19-17(16)23/h5-12H,1-4H3,(H,20,24). The molecule has 1 amide bonds. The largest absolute Gasteiger partial charge is 0.322 e. The van der Waals surface area contributed by atoms with E-state index in [1.54, 1.807) is 55.9 Å². The molecule has 142 valence electrons. The van der Waals surface area contributed by atoms with Gasteiger partial charge in [0, 0.05) is 31.2 Å². The van der Waals surface area contributed by atoms with Crippen molar-refractivity contribution in [1.82, 2.24) is 18.9 Å². The molecule has 3 aromatic rings. The van der Waals surface area contributed by atoms with Crippen LogP contribution in [0.25, 0.3) is 5.65 Å². The predicted molar refractivity (Wildman–Crippen MR) is 102 cm³/mol. The Balaban J connectivity index is 1.84. The fourth-order valence-electron chi connectivity index (χ4n) is 2.61. The van der Waals surface area contributed by atoms with Gasteiger partial charge in [0.2, 0.25) is 10.0 Å². The molecule has 27 heavy (non-hydrogen) atoms. The van der Waals surface area contributed by atoms with Gasteiger partial charge in [-0.05, 0) is 51.1 Å². The summed E-state index contributed by atoms with van der Waals surface area (Å²) >= 11 is 0. The van der Waals surface area contributed by atoms with Gasteiger partial charge in [0.15, 0.2) is 5.65 Å². The van der Waals surface area contributed by atoms with Gasteiger partial charge in [-0.25, -0.2) is 17.9 Å². The Morgan fingerprint density at radius 2 is 1.89 bits per heavy atom. The highest BCUT2D eigenvalue weighted by Gasteiger charge is 2.23. The number of hydrogen-bond donors (Lipinski definition) is 1. The Bertz CT molecular complexity index is 1090. The first-order chi connectivity index (χ1) is 12.7. The number of fused-ring (bicyclic) bond motifs is 1. The summed E-state index contributed by atoms with van der Waals surface area (Å²) in [6, 6.07) is 7.66. The van der Waals surface area contributed by atoms with Crippen molar-refractivity contribution in [3.05, 3.63) is 54.0 Å². The molecule has 0 unspecified atom stereocenters. The maximum atomic E-state index is 12.7. The predicted octanol–water partition coefficient (Wildman–Crippen LogP) is 2.32. The van der Waals surface area contributed by atoms with Gasteiger partial charge in [0.1, 0.15) is 5.56 Å². The molecule has 0 fully saturated rings. The molecule has 8 nitrogen and oxygen atoms in total. The van der Waals surface area contributed by atoms with E-state index in [2.05, 4.69) is 15.4 Å². The van der Waals surface area contributed by atoms with E-state index >= 15 is 0 Å². The summed E-state index contributed by atoms with van der Waals surface area (Å²) in [7, 11) is -2.03. The number of carbonyl (C=O) groups excluding carboxylic acids is 1. The second-order valence-electron chi connectivity index (χ2n) is 6.44. The van der Waals surface area contributed by atoms with E-state index in [4.69, 9.17) is 0 Å². The third-order valence-electron chi connectivity index (χ3n) is 4.31. The normalized spacial score (nSPS) is 12.1. The number of carbonyl (C=O) groups is 1. The van der Waals surface area contributed by atoms with E-state index in [0.717, 1.165) is 0 Å². The van der Waals surface area contributed by atoms with Gasteiger partial charge in [-0.3, -0.25) is 4.79 Å². The molecule has 0 aliphatic carbocycles. The number of aromatic nitrogens is 3. The Hall–Kier alpha value is -2.78. The maximum absolute atomic E-state index is 12.7. The van der Waals surface area contributed by atoms with Crippen molar-refractivity contribution in [3.8, 4) is 0 Å². The minimum absolute atomic E-state index is 0.152. The highest BCUT2D eigenvalue weighted by Crippen LogP contribution is 2.20. The number of aryl methyl sites for hydroxylation is 1. The van der Waals surface area contributed by atoms with Crippen molar-refractivity contribution in [2.45, 2.75) is 31.7 Å². The van der Waals surface area contributed by atoms with Crippen molar-refractivity contribution in [1.29, 1.82) is 0 Å². The highest BCUT2D eigenvalue weighted by atomic mass is 32.2. The van der Waals surface area contributed by atoms with Crippen LogP contribution in [0.2, 0.25) is 0 Å². The van der Waals surface area contributed by atoms with Crippen LogP contribution < -0.4 is 5.32 Å². The average molecular weight is 387 g/mol. The Kier molecular flexibility index (Phi) is 4.99. The van der Waals surface area contributed by atoms with E-state index in [-0.39, 0.29) is 16.8 Å². The van der Waals surface area contributed by atoms with Crippen molar-refractivity contribution in [2.75, 3.05) is 12.4 Å². The molecule has 3 rings (SSSR count). The highest BCUT2D eigenvalue weighted by molar-refractivity contribution is 7.89. The molecule has 0 aliphatic rings. The van der Waals surface area contributed by atoms with Gasteiger partial charge in [-0.2, -0.15) is 9.40 Å². The zero-order chi connectivity index (χ0) is 19.8. The van der Waals surface area contributed by atoms with Crippen molar-refractivity contribution >= 4 is 27.3 Å². The smallest absolute Gasteiger partial charge is 0.261 e. The molecular weight excluding hydrogens is 366 g/mol. The monoisotopic (exact) mass is 387 g/mol. The van der Waals surface area contributed by atoms with Crippen LogP contribution in [0.1, 0.15) is 29.9 Å². The van der Waals surface area contributed by atoms with E-state index < -0.39 is 10.0 Å². The minimum atomic E-state index is -3.56.